The third-order valence-electron chi connectivity index (χ3n) is 3.83. The van der Waals surface area contributed by atoms with E-state index in [-0.39, 0.29) is 11.8 Å². The third-order valence-corrected chi connectivity index (χ3v) is 3.83. The molecule has 0 aromatic carbocycles. The largest absolute Gasteiger partial charge is 0.356 e. The van der Waals surface area contributed by atoms with Gasteiger partial charge in [-0.05, 0) is 37.4 Å². The minimum Gasteiger partial charge on any atom is -0.356 e. The normalized spacial score (nSPS) is 19.8. The molecule has 2 heterocycles. The molecule has 0 radical (unpaired) electrons. The summed E-state index contributed by atoms with van der Waals surface area (Å²) in [7, 11) is 0. The summed E-state index contributed by atoms with van der Waals surface area (Å²) < 4.78 is 0. The molecule has 0 saturated carbocycles. The van der Waals surface area contributed by atoms with Crippen molar-refractivity contribution in [3.8, 4) is 0 Å². The number of carbonyl (C=O) groups excluding carboxylic acids is 1. The first-order valence-corrected chi connectivity index (χ1v) is 7.68. The number of aromatic nitrogens is 1. The molecule has 4 heteroatoms. The molecule has 1 aromatic rings. The van der Waals surface area contributed by atoms with Gasteiger partial charge in [0.15, 0.2) is 0 Å². The lowest BCUT2D eigenvalue weighted by Gasteiger charge is -2.31. The fraction of sp³-hybridized carbons (Fsp3) is 0.625. The molecule has 0 spiro atoms. The van der Waals surface area contributed by atoms with Crippen molar-refractivity contribution < 1.29 is 4.79 Å². The van der Waals surface area contributed by atoms with Gasteiger partial charge in [-0.25, -0.2) is 0 Å². The molecule has 4 nitrogen and oxygen atoms in total. The second kappa shape index (κ2) is 8.00. The SMILES string of the molecule is CCCCNC(=O)C1CCCN(Cc2cccnc2)C1. The molecule has 1 aliphatic heterocycles. The van der Waals surface area contributed by atoms with Gasteiger partial charge in [0.2, 0.25) is 5.91 Å². The van der Waals surface area contributed by atoms with E-state index in [9.17, 15) is 4.79 Å². The van der Waals surface area contributed by atoms with Crippen LogP contribution in [-0.2, 0) is 11.3 Å². The number of piperidine rings is 1. The maximum Gasteiger partial charge on any atom is 0.224 e. The molecule has 2 rings (SSSR count). The van der Waals surface area contributed by atoms with Crippen LogP contribution < -0.4 is 5.32 Å². The number of pyridine rings is 1. The molecule has 1 unspecified atom stereocenters. The fourth-order valence-corrected chi connectivity index (χ4v) is 2.70. The van der Waals surface area contributed by atoms with Crippen molar-refractivity contribution in [2.75, 3.05) is 19.6 Å². The molecule has 110 valence electrons. The number of nitrogens with zero attached hydrogens (tertiary/aromatic N) is 2. The van der Waals surface area contributed by atoms with E-state index in [0.29, 0.717) is 0 Å². The lowest BCUT2D eigenvalue weighted by atomic mass is 9.96. The molecule has 1 amide bonds. The predicted octanol–water partition coefficient (Wildman–Crippen LogP) is 2.21. The molecule has 1 aromatic heterocycles. The predicted molar refractivity (Wildman–Crippen MR) is 80.2 cm³/mol. The molecule has 1 fully saturated rings. The Morgan fingerprint density at radius 1 is 1.55 bits per heavy atom. The van der Waals surface area contributed by atoms with Crippen LogP contribution in [0.3, 0.4) is 0 Å². The Kier molecular flexibility index (Phi) is 5.99. The molecule has 1 saturated heterocycles. The van der Waals surface area contributed by atoms with Gasteiger partial charge in [0.05, 0.1) is 5.92 Å². The Balaban J connectivity index is 1.80. The van der Waals surface area contributed by atoms with Gasteiger partial charge in [-0.1, -0.05) is 19.4 Å². The number of amides is 1. The van der Waals surface area contributed by atoms with Crippen LogP contribution >= 0.6 is 0 Å². The van der Waals surface area contributed by atoms with Crippen molar-refractivity contribution >= 4 is 5.91 Å². The van der Waals surface area contributed by atoms with Crippen LogP contribution in [0.1, 0.15) is 38.2 Å². The van der Waals surface area contributed by atoms with Gasteiger partial charge < -0.3 is 5.32 Å². The summed E-state index contributed by atoms with van der Waals surface area (Å²) in [5.41, 5.74) is 1.22. The first-order chi connectivity index (χ1) is 9.79. The minimum atomic E-state index is 0.150. The standard InChI is InChI=1S/C16H25N3O/c1-2-3-9-18-16(20)15-7-5-10-19(13-15)12-14-6-4-8-17-11-14/h4,6,8,11,15H,2-3,5,7,9-10,12-13H2,1H3,(H,18,20). The second-order valence-electron chi connectivity index (χ2n) is 5.58. The monoisotopic (exact) mass is 275 g/mol. The van der Waals surface area contributed by atoms with E-state index in [1.165, 1.54) is 5.56 Å². The fourth-order valence-electron chi connectivity index (χ4n) is 2.70. The maximum atomic E-state index is 12.1. The average molecular weight is 275 g/mol. The zero-order valence-corrected chi connectivity index (χ0v) is 12.3. The topological polar surface area (TPSA) is 45.2 Å². The Morgan fingerprint density at radius 3 is 3.20 bits per heavy atom. The molecule has 0 aliphatic carbocycles. The Labute approximate surface area is 121 Å². The number of likely N-dealkylation sites (tertiary alicyclic amines) is 1. The number of hydrogen-bond donors (Lipinski definition) is 1. The van der Waals surface area contributed by atoms with E-state index in [4.69, 9.17) is 0 Å². The van der Waals surface area contributed by atoms with Crippen LogP contribution in [0.25, 0.3) is 0 Å². The average Bonchev–Trinajstić information content (AvgIpc) is 2.49. The number of hydrogen-bond acceptors (Lipinski definition) is 3. The van der Waals surface area contributed by atoms with Crippen molar-refractivity contribution in [2.45, 2.75) is 39.2 Å². The summed E-state index contributed by atoms with van der Waals surface area (Å²) in [4.78, 5) is 18.6. The number of carbonyl (C=O) groups is 1. The van der Waals surface area contributed by atoms with Crippen molar-refractivity contribution in [3.05, 3.63) is 30.1 Å². The molecule has 1 N–H and O–H groups in total. The van der Waals surface area contributed by atoms with Crippen molar-refractivity contribution in [3.63, 3.8) is 0 Å². The van der Waals surface area contributed by atoms with Crippen molar-refractivity contribution in [2.24, 2.45) is 5.92 Å². The zero-order chi connectivity index (χ0) is 14.2. The third kappa shape index (κ3) is 4.60. The van der Waals surface area contributed by atoms with E-state index < -0.39 is 0 Å². The van der Waals surface area contributed by atoms with Crippen LogP contribution in [0.4, 0.5) is 0 Å². The highest BCUT2D eigenvalue weighted by Gasteiger charge is 2.25. The Bertz CT molecular complexity index is 407. The summed E-state index contributed by atoms with van der Waals surface area (Å²) in [6.07, 6.45) is 8.01. The van der Waals surface area contributed by atoms with Crippen LogP contribution in [-0.4, -0.2) is 35.4 Å². The van der Waals surface area contributed by atoms with Crippen molar-refractivity contribution in [1.29, 1.82) is 0 Å². The molecule has 1 atom stereocenters. The van der Waals surface area contributed by atoms with Gasteiger partial charge in [-0.15, -0.1) is 0 Å². The van der Waals surface area contributed by atoms with E-state index in [0.717, 1.165) is 51.9 Å². The van der Waals surface area contributed by atoms with Crippen LogP contribution in [0.5, 0.6) is 0 Å². The second-order valence-corrected chi connectivity index (χ2v) is 5.58. The molecular formula is C16H25N3O. The van der Waals surface area contributed by atoms with Gasteiger partial charge in [0, 0.05) is 32.0 Å². The van der Waals surface area contributed by atoms with E-state index in [1.54, 1.807) is 6.20 Å². The Morgan fingerprint density at radius 2 is 2.45 bits per heavy atom. The first-order valence-electron chi connectivity index (χ1n) is 7.68. The van der Waals surface area contributed by atoms with Crippen LogP contribution in [0.2, 0.25) is 0 Å². The van der Waals surface area contributed by atoms with Gasteiger partial charge in [-0.2, -0.15) is 0 Å². The van der Waals surface area contributed by atoms with Gasteiger partial charge in [-0.3, -0.25) is 14.7 Å². The summed E-state index contributed by atoms with van der Waals surface area (Å²) in [6, 6.07) is 4.06. The summed E-state index contributed by atoms with van der Waals surface area (Å²) in [5.74, 6) is 0.381. The highest BCUT2D eigenvalue weighted by atomic mass is 16.1. The lowest BCUT2D eigenvalue weighted by Crippen LogP contribution is -2.42. The zero-order valence-electron chi connectivity index (χ0n) is 12.3. The van der Waals surface area contributed by atoms with Gasteiger partial charge in [0.25, 0.3) is 0 Å². The molecule has 0 bridgehead atoms. The summed E-state index contributed by atoms with van der Waals surface area (Å²) in [6.45, 7) is 5.80. The summed E-state index contributed by atoms with van der Waals surface area (Å²) in [5, 5.41) is 3.06. The first kappa shape index (κ1) is 15.0. The van der Waals surface area contributed by atoms with Crippen LogP contribution in [0, 0.1) is 5.92 Å². The highest BCUT2D eigenvalue weighted by Crippen LogP contribution is 2.18. The molecular weight excluding hydrogens is 250 g/mol. The van der Waals surface area contributed by atoms with E-state index in [1.807, 2.05) is 12.3 Å². The van der Waals surface area contributed by atoms with Crippen LogP contribution in [0.15, 0.2) is 24.5 Å². The van der Waals surface area contributed by atoms with Crippen molar-refractivity contribution in [1.82, 2.24) is 15.2 Å². The Hall–Kier alpha value is -1.42. The number of rotatable bonds is 6. The summed E-state index contributed by atoms with van der Waals surface area (Å²) >= 11 is 0. The van der Waals surface area contributed by atoms with Gasteiger partial charge in [0.1, 0.15) is 0 Å². The van der Waals surface area contributed by atoms with Gasteiger partial charge >= 0.3 is 0 Å². The van der Waals surface area contributed by atoms with E-state index in [2.05, 4.69) is 28.2 Å². The molecule has 20 heavy (non-hydrogen) atoms. The number of unbranched alkanes of at least 4 members (excludes halogenated alkanes) is 1. The highest BCUT2D eigenvalue weighted by molar-refractivity contribution is 5.78. The molecule has 1 aliphatic rings. The van der Waals surface area contributed by atoms with E-state index >= 15 is 0 Å². The quantitative estimate of drug-likeness (QED) is 0.810. The number of nitrogens with one attached hydrogen (secondary N) is 1. The smallest absolute Gasteiger partial charge is 0.224 e. The minimum absolute atomic E-state index is 0.150. The lowest BCUT2D eigenvalue weighted by molar-refractivity contribution is -0.126. The maximum absolute atomic E-state index is 12.1.